The molecule has 0 unspecified atom stereocenters. The van der Waals surface area contributed by atoms with Crippen LogP contribution in [0.2, 0.25) is 0 Å². The molecule has 250 valence electrons. The predicted molar refractivity (Wildman–Crippen MR) is 178 cm³/mol. The second kappa shape index (κ2) is 14.2. The van der Waals surface area contributed by atoms with Crippen LogP contribution in [-0.4, -0.2) is 69.8 Å². The Morgan fingerprint density at radius 1 is 1.09 bits per heavy atom. The molecule has 0 saturated carbocycles. The van der Waals surface area contributed by atoms with Gasteiger partial charge < -0.3 is 15.4 Å². The van der Waals surface area contributed by atoms with E-state index < -0.39 is 15.9 Å². The number of hydrogen-bond donors (Lipinski definition) is 2. The molecule has 2 atom stereocenters. The average molecular weight is 662 g/mol. The molecule has 2 aromatic carbocycles. The Hall–Kier alpha value is -4.36. The molecule has 0 saturated heterocycles. The van der Waals surface area contributed by atoms with E-state index in [0.29, 0.717) is 13.0 Å². The van der Waals surface area contributed by atoms with Crippen molar-refractivity contribution in [2.24, 2.45) is 0 Å². The molecule has 0 spiro atoms. The van der Waals surface area contributed by atoms with Crippen LogP contribution >= 0.6 is 0 Å². The first kappa shape index (κ1) is 34.0. The third kappa shape index (κ3) is 7.31. The number of pyridine rings is 1. The van der Waals surface area contributed by atoms with Gasteiger partial charge in [-0.1, -0.05) is 36.4 Å². The second-order valence-electron chi connectivity index (χ2n) is 12.2. The Balaban J connectivity index is 1.52. The normalized spacial score (nSPS) is 16.7. The summed E-state index contributed by atoms with van der Waals surface area (Å²) >= 11 is 0. The molecule has 12 nitrogen and oxygen atoms in total. The first-order chi connectivity index (χ1) is 22.4. The van der Waals surface area contributed by atoms with Crippen LogP contribution in [0.15, 0.2) is 53.6 Å². The van der Waals surface area contributed by atoms with Crippen LogP contribution in [0.25, 0.3) is 11.0 Å². The number of aryl methyl sites for hydroxylation is 3. The minimum Gasteiger partial charge on any atom is -0.472 e. The van der Waals surface area contributed by atoms with E-state index >= 15 is 0 Å². The molecule has 0 fully saturated rings. The van der Waals surface area contributed by atoms with Gasteiger partial charge in [-0.25, -0.2) is 18.1 Å². The van der Waals surface area contributed by atoms with E-state index in [9.17, 15) is 18.0 Å². The third-order valence-electron chi connectivity index (χ3n) is 8.56. The van der Waals surface area contributed by atoms with E-state index in [1.54, 1.807) is 6.07 Å². The van der Waals surface area contributed by atoms with Gasteiger partial charge in [0.05, 0.1) is 18.6 Å². The van der Waals surface area contributed by atoms with Crippen LogP contribution in [-0.2, 0) is 32.7 Å². The number of aromatic nitrogens is 4. The van der Waals surface area contributed by atoms with Crippen molar-refractivity contribution < 1.29 is 22.7 Å². The number of rotatable bonds is 11. The van der Waals surface area contributed by atoms with Crippen LogP contribution in [0.1, 0.15) is 74.3 Å². The fourth-order valence-corrected chi connectivity index (χ4v) is 7.48. The summed E-state index contributed by atoms with van der Waals surface area (Å²) in [6.07, 6.45) is 1.84. The molecular weight excluding hydrogens is 618 g/mol. The summed E-state index contributed by atoms with van der Waals surface area (Å²) in [5, 5.41) is 14.3. The zero-order valence-corrected chi connectivity index (χ0v) is 28.6. The van der Waals surface area contributed by atoms with Crippen LogP contribution in [0, 0.1) is 13.8 Å². The van der Waals surface area contributed by atoms with Crippen molar-refractivity contribution in [3.05, 3.63) is 76.5 Å². The molecule has 0 aliphatic carbocycles. The van der Waals surface area contributed by atoms with E-state index in [1.165, 1.54) is 16.6 Å². The van der Waals surface area contributed by atoms with E-state index in [2.05, 4.69) is 25.9 Å². The number of hydrogen-bond acceptors (Lipinski definition) is 8. The van der Waals surface area contributed by atoms with Gasteiger partial charge in [-0.15, -0.1) is 5.10 Å². The number of carbonyl (C=O) groups excluding carboxylic acids is 2. The summed E-state index contributed by atoms with van der Waals surface area (Å²) in [6.45, 7) is 12.4. The number of benzene rings is 2. The van der Waals surface area contributed by atoms with Crippen molar-refractivity contribution in [2.45, 2.75) is 90.4 Å². The van der Waals surface area contributed by atoms with Gasteiger partial charge >= 0.3 is 0 Å². The lowest BCUT2D eigenvalue weighted by molar-refractivity contribution is -0.126. The van der Waals surface area contributed by atoms with Gasteiger partial charge in [0.15, 0.2) is 0 Å². The van der Waals surface area contributed by atoms with E-state index in [1.807, 2.05) is 76.6 Å². The number of ether oxygens (including phenoxy) is 1. The smallest absolute Gasteiger partial charge is 0.248 e. The van der Waals surface area contributed by atoms with Crippen LogP contribution < -0.4 is 15.4 Å². The van der Waals surface area contributed by atoms with Gasteiger partial charge in [-0.2, -0.15) is 4.31 Å². The van der Waals surface area contributed by atoms with Gasteiger partial charge in [0.25, 0.3) is 0 Å². The largest absolute Gasteiger partial charge is 0.472 e. The summed E-state index contributed by atoms with van der Waals surface area (Å²) in [4.78, 5) is 29.9. The topological polar surface area (TPSA) is 148 Å². The standard InChI is InChI=1S/C34H43N7O5S/c1-7-26-20-40(47(44,45)30-10-9-15-35-34(30)46-26)19-25-16-24(12-11-22(25)5)28(17-31(42)36-18-32(43)37-21(3)4)27-13-14-29-33(23(27)6)38-39-41(29)8-2/h9-16,21,26,28H,7-8,17-20H2,1-6H3,(H,36,42)(H,37,43)/t26-,28+/m1/s1. The van der Waals surface area contributed by atoms with E-state index in [4.69, 9.17) is 4.74 Å². The molecule has 0 radical (unpaired) electrons. The van der Waals surface area contributed by atoms with Gasteiger partial charge in [0.2, 0.25) is 27.7 Å². The van der Waals surface area contributed by atoms with Gasteiger partial charge in [0, 0.05) is 37.7 Å². The summed E-state index contributed by atoms with van der Waals surface area (Å²) in [5.74, 6) is -0.835. The van der Waals surface area contributed by atoms with Crippen molar-refractivity contribution in [1.82, 2.24) is 34.9 Å². The Morgan fingerprint density at radius 2 is 1.87 bits per heavy atom. The molecule has 1 aliphatic rings. The number of carbonyl (C=O) groups is 2. The van der Waals surface area contributed by atoms with Crippen molar-refractivity contribution >= 4 is 32.9 Å². The quantitative estimate of drug-likeness (QED) is 0.245. The maximum Gasteiger partial charge on any atom is 0.248 e. The van der Waals surface area contributed by atoms with Gasteiger partial charge in [-0.3, -0.25) is 9.59 Å². The van der Waals surface area contributed by atoms with Gasteiger partial charge in [-0.05, 0) is 87.1 Å². The average Bonchev–Trinajstić information content (AvgIpc) is 3.43. The lowest BCUT2D eigenvalue weighted by Crippen LogP contribution is -2.40. The van der Waals surface area contributed by atoms with Crippen molar-refractivity contribution in [1.29, 1.82) is 0 Å². The Bertz CT molecular complexity index is 1890. The zero-order valence-electron chi connectivity index (χ0n) is 27.8. The van der Waals surface area contributed by atoms with Crippen LogP contribution in [0.4, 0.5) is 0 Å². The SMILES string of the molecule is CC[C@@H]1CN(Cc2cc([C@H](CC(=O)NCC(=O)NC(C)C)c3ccc4c(nnn4CC)c3C)ccc2C)S(=O)(=O)c2cccnc2O1. The van der Waals surface area contributed by atoms with Crippen molar-refractivity contribution in [3.63, 3.8) is 0 Å². The number of sulfonamides is 1. The molecule has 3 heterocycles. The van der Waals surface area contributed by atoms with Gasteiger partial charge in [0.1, 0.15) is 16.5 Å². The molecule has 2 N–H and O–H groups in total. The molecule has 2 amide bonds. The summed E-state index contributed by atoms with van der Waals surface area (Å²) < 4.78 is 37.1. The highest BCUT2D eigenvalue weighted by Crippen LogP contribution is 2.36. The fraction of sp³-hybridized carbons (Fsp3) is 0.441. The Kier molecular flexibility index (Phi) is 10.3. The van der Waals surface area contributed by atoms with Crippen molar-refractivity contribution in [2.75, 3.05) is 13.1 Å². The summed E-state index contributed by atoms with van der Waals surface area (Å²) in [7, 11) is -3.91. The second-order valence-corrected chi connectivity index (χ2v) is 14.2. The predicted octanol–water partition coefficient (Wildman–Crippen LogP) is 3.99. The highest BCUT2D eigenvalue weighted by atomic mass is 32.2. The highest BCUT2D eigenvalue weighted by Gasteiger charge is 2.35. The molecule has 13 heteroatoms. The number of amides is 2. The minimum atomic E-state index is -3.91. The monoisotopic (exact) mass is 661 g/mol. The summed E-state index contributed by atoms with van der Waals surface area (Å²) in [5.41, 5.74) is 6.04. The fourth-order valence-electron chi connectivity index (χ4n) is 5.96. The van der Waals surface area contributed by atoms with E-state index in [0.717, 1.165) is 38.9 Å². The molecular formula is C34H43N7O5S. The Labute approximate surface area is 275 Å². The Morgan fingerprint density at radius 3 is 2.60 bits per heavy atom. The lowest BCUT2D eigenvalue weighted by atomic mass is 9.84. The molecule has 2 aromatic heterocycles. The highest BCUT2D eigenvalue weighted by molar-refractivity contribution is 7.89. The lowest BCUT2D eigenvalue weighted by Gasteiger charge is -2.25. The molecule has 5 rings (SSSR count). The maximum atomic E-state index is 13.9. The van der Waals surface area contributed by atoms with Crippen molar-refractivity contribution in [3.8, 4) is 5.88 Å². The molecule has 0 bridgehead atoms. The first-order valence-corrected chi connectivity index (χ1v) is 17.5. The zero-order chi connectivity index (χ0) is 33.9. The molecule has 1 aliphatic heterocycles. The number of nitrogens with zero attached hydrogens (tertiary/aromatic N) is 5. The van der Waals surface area contributed by atoms with E-state index in [-0.39, 0.29) is 60.8 Å². The van der Waals surface area contributed by atoms with Crippen LogP contribution in [0.5, 0.6) is 5.88 Å². The molecule has 4 aromatic rings. The number of fused-ring (bicyclic) bond motifs is 2. The molecule has 47 heavy (non-hydrogen) atoms. The number of nitrogens with one attached hydrogen (secondary N) is 2. The third-order valence-corrected chi connectivity index (χ3v) is 10.4. The van der Waals surface area contributed by atoms with Crippen LogP contribution in [0.3, 0.4) is 0 Å². The minimum absolute atomic E-state index is 0.0408. The first-order valence-electron chi connectivity index (χ1n) is 16.0. The summed E-state index contributed by atoms with van der Waals surface area (Å²) in [6, 6.07) is 13.0. The maximum absolute atomic E-state index is 13.9.